The Hall–Kier alpha value is -1.52. The Bertz CT molecular complexity index is 718. The molecule has 3 aromatic rings. The molecule has 1 atom stereocenters. The fourth-order valence-corrected chi connectivity index (χ4v) is 2.84. The van der Waals surface area contributed by atoms with Crippen LogP contribution in [-0.4, -0.2) is 19.1 Å². The van der Waals surface area contributed by atoms with Gasteiger partial charge in [0.15, 0.2) is 0 Å². The van der Waals surface area contributed by atoms with Crippen LogP contribution in [0.25, 0.3) is 11.0 Å². The minimum atomic E-state index is 0.226. The van der Waals surface area contributed by atoms with Crippen LogP contribution in [-0.2, 0) is 12.4 Å². The number of aromatic nitrogens is 4. The number of imidazole rings is 2. The van der Waals surface area contributed by atoms with Gasteiger partial charge >= 0.3 is 0 Å². The molecule has 0 radical (unpaired) electrons. The molecule has 0 aliphatic carbocycles. The summed E-state index contributed by atoms with van der Waals surface area (Å²) in [5.74, 6) is 1.23. The van der Waals surface area contributed by atoms with Crippen molar-refractivity contribution in [2.24, 2.45) is 0 Å². The van der Waals surface area contributed by atoms with Crippen LogP contribution in [0.2, 0.25) is 5.02 Å². The lowest BCUT2D eigenvalue weighted by Gasteiger charge is -2.17. The molecule has 1 unspecified atom stereocenters. The minimum Gasteiger partial charge on any atom is -0.335 e. The second-order valence-corrected chi connectivity index (χ2v) is 5.48. The third-order valence-corrected chi connectivity index (χ3v) is 3.79. The minimum absolute atomic E-state index is 0.226. The third-order valence-electron chi connectivity index (χ3n) is 3.32. The number of benzene rings is 1. The Morgan fingerprint density at radius 2 is 2.20 bits per heavy atom. The van der Waals surface area contributed by atoms with Crippen molar-refractivity contribution in [2.75, 3.05) is 0 Å². The monoisotopic (exact) mass is 308 g/mol. The molecule has 20 heavy (non-hydrogen) atoms. The molecule has 0 fully saturated rings. The maximum absolute atomic E-state index is 6.03. The number of alkyl halides is 1. The Labute approximate surface area is 127 Å². The fourth-order valence-electron chi connectivity index (χ4n) is 2.49. The lowest BCUT2D eigenvalue weighted by Crippen LogP contribution is -2.14. The van der Waals surface area contributed by atoms with E-state index in [0.717, 1.165) is 23.4 Å². The number of nitrogens with zero attached hydrogens (tertiary/aromatic N) is 4. The summed E-state index contributed by atoms with van der Waals surface area (Å²) in [5, 5.41) is 0.686. The first-order valence-electron chi connectivity index (χ1n) is 6.37. The molecular weight excluding hydrogens is 295 g/mol. The normalized spacial score (nSPS) is 12.9. The van der Waals surface area contributed by atoms with E-state index in [4.69, 9.17) is 23.2 Å². The summed E-state index contributed by atoms with van der Waals surface area (Å²) < 4.78 is 4.21. The molecule has 6 heteroatoms. The zero-order valence-corrected chi connectivity index (χ0v) is 12.5. The molecule has 0 saturated carbocycles. The van der Waals surface area contributed by atoms with E-state index in [1.54, 1.807) is 6.20 Å². The summed E-state index contributed by atoms with van der Waals surface area (Å²) >= 11 is 12.1. The van der Waals surface area contributed by atoms with Crippen molar-refractivity contribution in [1.82, 2.24) is 19.1 Å². The highest BCUT2D eigenvalue weighted by atomic mass is 35.5. The lowest BCUT2D eigenvalue weighted by molar-refractivity contribution is 0.464. The molecule has 3 rings (SSSR count). The number of rotatable bonds is 4. The van der Waals surface area contributed by atoms with Crippen molar-refractivity contribution in [3.05, 3.63) is 47.8 Å². The summed E-state index contributed by atoms with van der Waals surface area (Å²) in [4.78, 5) is 8.63. The molecular formula is C14H14Cl2N4. The smallest absolute Gasteiger partial charge is 0.125 e. The fraction of sp³-hybridized carbons (Fsp3) is 0.286. The van der Waals surface area contributed by atoms with Crippen molar-refractivity contribution in [2.45, 2.75) is 25.4 Å². The Balaban J connectivity index is 2.04. The molecule has 4 nitrogen and oxygen atoms in total. The van der Waals surface area contributed by atoms with Gasteiger partial charge in [0.2, 0.25) is 0 Å². The number of hydrogen-bond acceptors (Lipinski definition) is 2. The Morgan fingerprint density at radius 3 is 2.90 bits per heavy atom. The quantitative estimate of drug-likeness (QED) is 0.686. The van der Waals surface area contributed by atoms with Gasteiger partial charge in [-0.2, -0.15) is 0 Å². The van der Waals surface area contributed by atoms with Gasteiger partial charge in [0.25, 0.3) is 0 Å². The average Bonchev–Trinajstić information content (AvgIpc) is 3.04. The number of halogens is 2. The average molecular weight is 309 g/mol. The first-order valence-corrected chi connectivity index (χ1v) is 7.28. The molecule has 1 aromatic carbocycles. The van der Waals surface area contributed by atoms with Crippen LogP contribution in [0.3, 0.4) is 0 Å². The largest absolute Gasteiger partial charge is 0.335 e. The Kier molecular flexibility index (Phi) is 3.68. The first-order chi connectivity index (χ1) is 9.69. The van der Waals surface area contributed by atoms with E-state index in [1.807, 2.05) is 35.3 Å². The van der Waals surface area contributed by atoms with Gasteiger partial charge in [-0.3, -0.25) is 0 Å². The van der Waals surface area contributed by atoms with Gasteiger partial charge in [-0.05, 0) is 25.1 Å². The maximum atomic E-state index is 6.03. The van der Waals surface area contributed by atoms with Crippen LogP contribution in [0.4, 0.5) is 0 Å². The molecule has 0 N–H and O–H groups in total. The van der Waals surface area contributed by atoms with E-state index >= 15 is 0 Å². The van der Waals surface area contributed by atoms with Gasteiger partial charge in [-0.15, -0.1) is 11.6 Å². The Morgan fingerprint density at radius 1 is 1.35 bits per heavy atom. The second-order valence-electron chi connectivity index (χ2n) is 4.77. The zero-order valence-electron chi connectivity index (χ0n) is 11.0. The van der Waals surface area contributed by atoms with Crippen LogP contribution in [0.1, 0.15) is 18.8 Å². The van der Waals surface area contributed by atoms with Gasteiger partial charge in [0.05, 0.1) is 29.3 Å². The number of hydrogen-bond donors (Lipinski definition) is 0. The molecule has 2 heterocycles. The molecule has 2 aromatic heterocycles. The SMILES string of the molecule is CC(Cn1ccnc1)n1c(CCl)nc2cc(Cl)ccc21. The molecule has 0 aliphatic heterocycles. The zero-order chi connectivity index (χ0) is 14.1. The van der Waals surface area contributed by atoms with Gasteiger partial charge in [0.1, 0.15) is 5.82 Å². The van der Waals surface area contributed by atoms with Gasteiger partial charge in [-0.1, -0.05) is 11.6 Å². The summed E-state index contributed by atoms with van der Waals surface area (Å²) in [7, 11) is 0. The van der Waals surface area contributed by atoms with Crippen molar-refractivity contribution < 1.29 is 0 Å². The highest BCUT2D eigenvalue weighted by Gasteiger charge is 2.15. The predicted octanol–water partition coefficient (Wildman–Crippen LogP) is 3.89. The van der Waals surface area contributed by atoms with E-state index in [9.17, 15) is 0 Å². The third kappa shape index (κ3) is 2.41. The molecule has 104 valence electrons. The highest BCUT2D eigenvalue weighted by Crippen LogP contribution is 2.25. The molecule has 0 aliphatic rings. The topological polar surface area (TPSA) is 35.6 Å². The molecule has 0 amide bonds. The van der Waals surface area contributed by atoms with Crippen molar-refractivity contribution >= 4 is 34.2 Å². The van der Waals surface area contributed by atoms with Crippen LogP contribution < -0.4 is 0 Å². The second kappa shape index (κ2) is 5.46. The highest BCUT2D eigenvalue weighted by molar-refractivity contribution is 6.31. The molecule has 0 bridgehead atoms. The van der Waals surface area contributed by atoms with Crippen LogP contribution in [0.15, 0.2) is 36.9 Å². The molecule has 0 saturated heterocycles. The maximum Gasteiger partial charge on any atom is 0.125 e. The van der Waals surface area contributed by atoms with E-state index in [0.29, 0.717) is 10.9 Å². The van der Waals surface area contributed by atoms with Crippen LogP contribution >= 0.6 is 23.2 Å². The van der Waals surface area contributed by atoms with E-state index in [-0.39, 0.29) is 6.04 Å². The summed E-state index contributed by atoms with van der Waals surface area (Å²) in [6.07, 6.45) is 5.54. The summed E-state index contributed by atoms with van der Waals surface area (Å²) in [6, 6.07) is 5.96. The molecule has 0 spiro atoms. The van der Waals surface area contributed by atoms with E-state index in [1.165, 1.54) is 0 Å². The van der Waals surface area contributed by atoms with E-state index < -0.39 is 0 Å². The van der Waals surface area contributed by atoms with Crippen molar-refractivity contribution in [1.29, 1.82) is 0 Å². The predicted molar refractivity (Wildman–Crippen MR) is 81.2 cm³/mol. The van der Waals surface area contributed by atoms with Gasteiger partial charge < -0.3 is 9.13 Å². The number of fused-ring (bicyclic) bond motifs is 1. The van der Waals surface area contributed by atoms with E-state index in [2.05, 4.69) is 21.5 Å². The standard InChI is InChI=1S/C14H14Cl2N4/c1-10(8-19-5-4-17-9-19)20-13-3-2-11(16)6-12(13)18-14(20)7-15/h2-6,9-10H,7-8H2,1H3. The van der Waals surface area contributed by atoms with Crippen LogP contribution in [0.5, 0.6) is 0 Å². The first kappa shape index (κ1) is 13.5. The van der Waals surface area contributed by atoms with Crippen molar-refractivity contribution in [3.63, 3.8) is 0 Å². The van der Waals surface area contributed by atoms with Gasteiger partial charge in [-0.25, -0.2) is 9.97 Å². The lowest BCUT2D eigenvalue weighted by atomic mass is 10.2. The van der Waals surface area contributed by atoms with Crippen molar-refractivity contribution in [3.8, 4) is 0 Å². The summed E-state index contributed by atoms with van der Waals surface area (Å²) in [6.45, 7) is 2.96. The van der Waals surface area contributed by atoms with Gasteiger partial charge in [0, 0.05) is 24.0 Å². The summed E-state index contributed by atoms with van der Waals surface area (Å²) in [5.41, 5.74) is 1.93. The van der Waals surface area contributed by atoms with Crippen LogP contribution in [0, 0.1) is 0 Å².